The second kappa shape index (κ2) is 9.40. The summed E-state index contributed by atoms with van der Waals surface area (Å²) in [5.74, 6) is 0.735. The molecule has 0 radical (unpaired) electrons. The van der Waals surface area contributed by atoms with Gasteiger partial charge >= 0.3 is 0 Å². The van der Waals surface area contributed by atoms with Gasteiger partial charge in [-0.25, -0.2) is 4.39 Å². The maximum Gasteiger partial charge on any atom is 0.123 e. The molecule has 0 aliphatic heterocycles. The third-order valence-electron chi connectivity index (χ3n) is 2.96. The summed E-state index contributed by atoms with van der Waals surface area (Å²) in [6.45, 7) is 2.23. The summed E-state index contributed by atoms with van der Waals surface area (Å²) in [4.78, 5) is 1.10. The Bertz CT molecular complexity index is 313. The second-order valence-corrected chi connectivity index (χ2v) is 5.82. The molecule has 0 aliphatic carbocycles. The van der Waals surface area contributed by atoms with Crippen molar-refractivity contribution < 1.29 is 4.39 Å². The van der Waals surface area contributed by atoms with E-state index in [9.17, 15) is 4.39 Å². The fraction of sp³-hybridized carbons (Fsp3) is 0.600. The van der Waals surface area contributed by atoms with Crippen LogP contribution in [-0.2, 0) is 0 Å². The Hall–Kier alpha value is -0.540. The Morgan fingerprint density at radius 1 is 1.11 bits per heavy atom. The molecule has 1 unspecified atom stereocenters. The van der Waals surface area contributed by atoms with Gasteiger partial charge in [0, 0.05) is 16.7 Å². The van der Waals surface area contributed by atoms with E-state index in [2.05, 4.69) is 6.92 Å². The molecule has 0 fully saturated rings. The van der Waals surface area contributed by atoms with Crippen molar-refractivity contribution in [3.8, 4) is 0 Å². The smallest absolute Gasteiger partial charge is 0.123 e. The Morgan fingerprint density at radius 3 is 2.44 bits per heavy atom. The maximum absolute atomic E-state index is 12.7. The molecule has 0 amide bonds. The first-order valence-corrected chi connectivity index (χ1v) is 7.85. The van der Waals surface area contributed by atoms with Crippen LogP contribution in [0.3, 0.4) is 0 Å². The lowest BCUT2D eigenvalue weighted by molar-refractivity contribution is 0.566. The zero-order valence-corrected chi connectivity index (χ0v) is 12.0. The molecule has 0 spiro atoms. The normalized spacial score (nSPS) is 12.6. The quantitative estimate of drug-likeness (QED) is 0.523. The van der Waals surface area contributed by atoms with Crippen LogP contribution in [0.15, 0.2) is 29.2 Å². The van der Waals surface area contributed by atoms with Crippen LogP contribution in [0, 0.1) is 5.82 Å². The van der Waals surface area contributed by atoms with Crippen molar-refractivity contribution in [3.05, 3.63) is 30.1 Å². The van der Waals surface area contributed by atoms with Gasteiger partial charge < -0.3 is 5.73 Å². The highest BCUT2D eigenvalue weighted by atomic mass is 32.2. The van der Waals surface area contributed by atoms with E-state index in [4.69, 9.17) is 5.73 Å². The minimum absolute atomic E-state index is 0.181. The van der Waals surface area contributed by atoms with Gasteiger partial charge in [0.15, 0.2) is 0 Å². The van der Waals surface area contributed by atoms with E-state index in [0.717, 1.165) is 17.1 Å². The van der Waals surface area contributed by atoms with E-state index in [1.807, 2.05) is 12.1 Å². The van der Waals surface area contributed by atoms with E-state index >= 15 is 0 Å². The molecule has 1 nitrogen and oxygen atoms in total. The predicted molar refractivity (Wildman–Crippen MR) is 78.5 cm³/mol. The monoisotopic (exact) mass is 269 g/mol. The number of hydrogen-bond donors (Lipinski definition) is 1. The number of rotatable bonds is 9. The summed E-state index contributed by atoms with van der Waals surface area (Å²) in [6, 6.07) is 6.88. The fourth-order valence-corrected chi connectivity index (χ4v) is 2.73. The van der Waals surface area contributed by atoms with Crippen molar-refractivity contribution >= 4 is 11.8 Å². The molecule has 102 valence electrons. The highest BCUT2D eigenvalue weighted by Crippen LogP contribution is 2.20. The average Bonchev–Trinajstić information content (AvgIpc) is 2.38. The van der Waals surface area contributed by atoms with E-state index < -0.39 is 0 Å². The third kappa shape index (κ3) is 7.02. The van der Waals surface area contributed by atoms with Crippen molar-refractivity contribution in [1.82, 2.24) is 0 Å². The Balaban J connectivity index is 2.09. The van der Waals surface area contributed by atoms with Gasteiger partial charge in [0.05, 0.1) is 0 Å². The zero-order valence-electron chi connectivity index (χ0n) is 11.2. The van der Waals surface area contributed by atoms with Crippen LogP contribution < -0.4 is 5.73 Å². The lowest BCUT2D eigenvalue weighted by Crippen LogP contribution is -2.22. The summed E-state index contributed by atoms with van der Waals surface area (Å²) >= 11 is 1.71. The molecule has 1 atom stereocenters. The second-order valence-electron chi connectivity index (χ2n) is 4.73. The summed E-state index contributed by atoms with van der Waals surface area (Å²) < 4.78 is 12.7. The highest BCUT2D eigenvalue weighted by Gasteiger charge is 2.03. The number of nitrogens with two attached hydrogens (primary N) is 1. The molecule has 0 saturated heterocycles. The molecular weight excluding hydrogens is 245 g/mol. The van der Waals surface area contributed by atoms with Gasteiger partial charge in [-0.2, -0.15) is 0 Å². The minimum atomic E-state index is -0.181. The topological polar surface area (TPSA) is 26.0 Å². The zero-order chi connectivity index (χ0) is 13.2. The first kappa shape index (κ1) is 15.5. The lowest BCUT2D eigenvalue weighted by atomic mass is 10.1. The van der Waals surface area contributed by atoms with Crippen molar-refractivity contribution in [3.63, 3.8) is 0 Å². The molecule has 1 aromatic rings. The van der Waals surface area contributed by atoms with E-state index in [0.29, 0.717) is 0 Å². The molecule has 0 heterocycles. The van der Waals surface area contributed by atoms with E-state index in [1.54, 1.807) is 11.8 Å². The van der Waals surface area contributed by atoms with Crippen molar-refractivity contribution in [2.75, 3.05) is 5.75 Å². The van der Waals surface area contributed by atoms with Gasteiger partial charge in [-0.3, -0.25) is 0 Å². The molecule has 0 aliphatic rings. The molecule has 3 heteroatoms. The van der Waals surface area contributed by atoms with Crippen LogP contribution in [0.1, 0.15) is 45.4 Å². The fourth-order valence-electron chi connectivity index (χ4n) is 1.83. The molecule has 1 rings (SSSR count). The van der Waals surface area contributed by atoms with E-state index in [1.165, 1.54) is 44.2 Å². The summed E-state index contributed by atoms with van der Waals surface area (Å²) in [6.07, 6.45) is 7.56. The Morgan fingerprint density at radius 2 is 1.78 bits per heavy atom. The molecule has 18 heavy (non-hydrogen) atoms. The summed E-state index contributed by atoms with van der Waals surface area (Å²) in [5.41, 5.74) is 6.07. The van der Waals surface area contributed by atoms with Gasteiger partial charge in [0.25, 0.3) is 0 Å². The van der Waals surface area contributed by atoms with Crippen LogP contribution in [-0.4, -0.2) is 11.8 Å². The van der Waals surface area contributed by atoms with Crippen molar-refractivity contribution in [1.29, 1.82) is 0 Å². The molecular formula is C15H24FNS. The van der Waals surface area contributed by atoms with Gasteiger partial charge in [0.2, 0.25) is 0 Å². The Labute approximate surface area is 114 Å². The summed E-state index contributed by atoms with van der Waals surface area (Å²) in [5, 5.41) is 0. The highest BCUT2D eigenvalue weighted by molar-refractivity contribution is 7.99. The summed E-state index contributed by atoms with van der Waals surface area (Å²) in [7, 11) is 0. The Kier molecular flexibility index (Phi) is 8.10. The number of unbranched alkanes of at least 4 members (excludes halogenated alkanes) is 4. The average molecular weight is 269 g/mol. The number of hydrogen-bond acceptors (Lipinski definition) is 2. The first-order valence-electron chi connectivity index (χ1n) is 6.86. The lowest BCUT2D eigenvalue weighted by Gasteiger charge is -2.11. The molecule has 2 N–H and O–H groups in total. The molecule has 0 aromatic heterocycles. The number of thioether (sulfide) groups is 1. The number of halogens is 1. The SMILES string of the molecule is CCCCCCCC(N)CSc1ccc(F)cc1. The molecule has 1 aromatic carbocycles. The van der Waals surface area contributed by atoms with Crippen LogP contribution in [0.5, 0.6) is 0 Å². The first-order chi connectivity index (χ1) is 8.72. The van der Waals surface area contributed by atoms with Crippen LogP contribution in [0.2, 0.25) is 0 Å². The van der Waals surface area contributed by atoms with Gasteiger partial charge in [-0.05, 0) is 30.7 Å². The molecule has 0 bridgehead atoms. The number of benzene rings is 1. The standard InChI is InChI=1S/C15H24FNS/c1-2-3-4-5-6-7-14(17)12-18-15-10-8-13(16)9-11-15/h8-11,14H,2-7,12,17H2,1H3. The van der Waals surface area contributed by atoms with Gasteiger partial charge in [-0.1, -0.05) is 39.0 Å². The van der Waals surface area contributed by atoms with Crippen LogP contribution >= 0.6 is 11.8 Å². The van der Waals surface area contributed by atoms with Crippen molar-refractivity contribution in [2.24, 2.45) is 5.73 Å². The van der Waals surface area contributed by atoms with Crippen LogP contribution in [0.25, 0.3) is 0 Å². The third-order valence-corrected chi connectivity index (χ3v) is 4.16. The van der Waals surface area contributed by atoms with Gasteiger partial charge in [0.1, 0.15) is 5.82 Å². The van der Waals surface area contributed by atoms with E-state index in [-0.39, 0.29) is 11.9 Å². The minimum Gasteiger partial charge on any atom is -0.327 e. The van der Waals surface area contributed by atoms with Crippen LogP contribution in [0.4, 0.5) is 4.39 Å². The van der Waals surface area contributed by atoms with Gasteiger partial charge in [-0.15, -0.1) is 11.8 Å². The molecule has 0 saturated carbocycles. The van der Waals surface area contributed by atoms with Crippen molar-refractivity contribution in [2.45, 2.75) is 56.4 Å². The largest absolute Gasteiger partial charge is 0.327 e. The predicted octanol–water partition coefficient (Wildman–Crippen LogP) is 4.61. The maximum atomic E-state index is 12.7.